The number of nitrogens with two attached hydrogens (primary N) is 1. The summed E-state index contributed by atoms with van der Waals surface area (Å²) in [5, 5.41) is 2.70. The van der Waals surface area contributed by atoms with Gasteiger partial charge in [0.05, 0.1) is 0 Å². The molecule has 1 aromatic carbocycles. The number of carbonyl (C=O) groups excluding carboxylic acids is 2. The SMILES string of the molecule is CO[C@@H](C(=O)N[C@@H](CC1CC1)C(N)=O)c1ccccc1. The van der Waals surface area contributed by atoms with Gasteiger partial charge in [-0.25, -0.2) is 0 Å². The molecule has 0 spiro atoms. The van der Waals surface area contributed by atoms with Gasteiger partial charge in [-0.15, -0.1) is 0 Å². The number of amides is 2. The van der Waals surface area contributed by atoms with Crippen molar-refractivity contribution in [3.8, 4) is 0 Å². The number of methoxy groups -OCH3 is 1. The van der Waals surface area contributed by atoms with Crippen molar-refractivity contribution in [1.82, 2.24) is 5.32 Å². The van der Waals surface area contributed by atoms with Crippen LogP contribution in [-0.4, -0.2) is 25.0 Å². The monoisotopic (exact) mass is 276 g/mol. The molecule has 5 heteroatoms. The summed E-state index contributed by atoms with van der Waals surface area (Å²) in [4.78, 5) is 23.7. The summed E-state index contributed by atoms with van der Waals surface area (Å²) in [6.45, 7) is 0. The largest absolute Gasteiger partial charge is 0.368 e. The molecule has 0 radical (unpaired) electrons. The summed E-state index contributed by atoms with van der Waals surface area (Å²) in [6.07, 6.45) is 2.10. The van der Waals surface area contributed by atoms with Crippen molar-refractivity contribution in [1.29, 1.82) is 0 Å². The second-order valence-electron chi connectivity index (χ2n) is 5.17. The van der Waals surface area contributed by atoms with E-state index < -0.39 is 18.1 Å². The number of ether oxygens (including phenoxy) is 1. The summed E-state index contributed by atoms with van der Waals surface area (Å²) in [5.41, 5.74) is 6.10. The molecule has 0 heterocycles. The van der Waals surface area contributed by atoms with Gasteiger partial charge in [-0.05, 0) is 17.9 Å². The Balaban J connectivity index is 2.02. The maximum Gasteiger partial charge on any atom is 0.254 e. The lowest BCUT2D eigenvalue weighted by atomic mass is 10.1. The number of rotatable bonds is 7. The second kappa shape index (κ2) is 6.52. The van der Waals surface area contributed by atoms with E-state index in [0.717, 1.165) is 18.4 Å². The van der Waals surface area contributed by atoms with Crippen LogP contribution >= 0.6 is 0 Å². The fraction of sp³-hybridized carbons (Fsp3) is 0.467. The summed E-state index contributed by atoms with van der Waals surface area (Å²) >= 11 is 0. The quantitative estimate of drug-likeness (QED) is 0.783. The molecule has 2 rings (SSSR count). The van der Waals surface area contributed by atoms with E-state index in [1.165, 1.54) is 7.11 Å². The summed E-state index contributed by atoms with van der Waals surface area (Å²) in [6, 6.07) is 8.56. The molecule has 108 valence electrons. The first-order valence-corrected chi connectivity index (χ1v) is 6.79. The molecule has 2 amide bonds. The Labute approximate surface area is 118 Å². The van der Waals surface area contributed by atoms with E-state index in [1.807, 2.05) is 30.3 Å². The maximum absolute atomic E-state index is 12.2. The van der Waals surface area contributed by atoms with Gasteiger partial charge < -0.3 is 15.8 Å². The predicted molar refractivity (Wildman–Crippen MR) is 74.7 cm³/mol. The number of primary amides is 1. The first-order valence-electron chi connectivity index (χ1n) is 6.79. The van der Waals surface area contributed by atoms with Crippen molar-refractivity contribution >= 4 is 11.8 Å². The minimum Gasteiger partial charge on any atom is -0.368 e. The zero-order chi connectivity index (χ0) is 14.5. The minimum atomic E-state index is -0.725. The fourth-order valence-electron chi connectivity index (χ4n) is 2.20. The second-order valence-corrected chi connectivity index (χ2v) is 5.17. The summed E-state index contributed by atoms with van der Waals surface area (Å²) in [5.74, 6) is -0.318. The summed E-state index contributed by atoms with van der Waals surface area (Å²) in [7, 11) is 1.47. The Kier molecular flexibility index (Phi) is 4.74. The molecular formula is C15H20N2O3. The van der Waals surface area contributed by atoms with E-state index in [9.17, 15) is 9.59 Å². The van der Waals surface area contributed by atoms with E-state index >= 15 is 0 Å². The van der Waals surface area contributed by atoms with Gasteiger partial charge in [0.15, 0.2) is 6.10 Å². The molecule has 0 aromatic heterocycles. The third kappa shape index (κ3) is 3.81. The highest BCUT2D eigenvalue weighted by Crippen LogP contribution is 2.33. The minimum absolute atomic E-state index is 0.330. The molecule has 0 aliphatic heterocycles. The van der Waals surface area contributed by atoms with E-state index in [4.69, 9.17) is 10.5 Å². The molecule has 0 saturated heterocycles. The summed E-state index contributed by atoms with van der Waals surface area (Å²) < 4.78 is 5.24. The molecule has 3 N–H and O–H groups in total. The molecule has 20 heavy (non-hydrogen) atoms. The Morgan fingerprint density at radius 2 is 2.00 bits per heavy atom. The molecule has 0 unspecified atom stereocenters. The Morgan fingerprint density at radius 3 is 2.50 bits per heavy atom. The van der Waals surface area contributed by atoms with Crippen molar-refractivity contribution in [2.45, 2.75) is 31.4 Å². The lowest BCUT2D eigenvalue weighted by molar-refractivity contribution is -0.135. The molecule has 1 aliphatic rings. The highest BCUT2D eigenvalue weighted by Gasteiger charge is 2.31. The molecular weight excluding hydrogens is 256 g/mol. The fourth-order valence-corrected chi connectivity index (χ4v) is 2.20. The lowest BCUT2D eigenvalue weighted by Crippen LogP contribution is -2.46. The van der Waals surface area contributed by atoms with Crippen molar-refractivity contribution in [3.05, 3.63) is 35.9 Å². The predicted octanol–water partition coefficient (Wildman–Crippen LogP) is 1.14. The zero-order valence-corrected chi connectivity index (χ0v) is 11.5. The molecule has 2 atom stereocenters. The van der Waals surface area contributed by atoms with Crippen molar-refractivity contribution in [2.75, 3.05) is 7.11 Å². The van der Waals surface area contributed by atoms with Crippen LogP contribution in [-0.2, 0) is 14.3 Å². The number of hydrogen-bond donors (Lipinski definition) is 2. The van der Waals surface area contributed by atoms with Crippen LogP contribution in [0.15, 0.2) is 30.3 Å². The van der Waals surface area contributed by atoms with Gasteiger partial charge in [-0.2, -0.15) is 0 Å². The molecule has 5 nitrogen and oxygen atoms in total. The number of hydrogen-bond acceptors (Lipinski definition) is 3. The van der Waals surface area contributed by atoms with Gasteiger partial charge in [0.2, 0.25) is 5.91 Å². The van der Waals surface area contributed by atoms with Crippen LogP contribution in [0.25, 0.3) is 0 Å². The van der Waals surface area contributed by atoms with Crippen LogP contribution < -0.4 is 11.1 Å². The average molecular weight is 276 g/mol. The number of benzene rings is 1. The Morgan fingerprint density at radius 1 is 1.35 bits per heavy atom. The van der Waals surface area contributed by atoms with Gasteiger partial charge >= 0.3 is 0 Å². The van der Waals surface area contributed by atoms with E-state index in [0.29, 0.717) is 12.3 Å². The van der Waals surface area contributed by atoms with Gasteiger partial charge in [0.25, 0.3) is 5.91 Å². The van der Waals surface area contributed by atoms with Gasteiger partial charge in [0.1, 0.15) is 6.04 Å². The van der Waals surface area contributed by atoms with Crippen LogP contribution in [0, 0.1) is 5.92 Å². The highest BCUT2D eigenvalue weighted by atomic mass is 16.5. The maximum atomic E-state index is 12.2. The van der Waals surface area contributed by atoms with Crippen LogP contribution in [0.2, 0.25) is 0 Å². The first kappa shape index (κ1) is 14.5. The lowest BCUT2D eigenvalue weighted by Gasteiger charge is -2.20. The third-order valence-electron chi connectivity index (χ3n) is 3.50. The third-order valence-corrected chi connectivity index (χ3v) is 3.50. The van der Waals surface area contributed by atoms with Crippen molar-refractivity contribution in [3.63, 3.8) is 0 Å². The smallest absolute Gasteiger partial charge is 0.254 e. The normalized spacial score (nSPS) is 17.2. The van der Waals surface area contributed by atoms with E-state index in [1.54, 1.807) is 0 Å². The van der Waals surface area contributed by atoms with Crippen molar-refractivity contribution in [2.24, 2.45) is 11.7 Å². The van der Waals surface area contributed by atoms with Crippen LogP contribution in [0.3, 0.4) is 0 Å². The number of nitrogens with one attached hydrogen (secondary N) is 1. The van der Waals surface area contributed by atoms with E-state index in [2.05, 4.69) is 5.32 Å². The van der Waals surface area contributed by atoms with E-state index in [-0.39, 0.29) is 5.91 Å². The number of carbonyl (C=O) groups is 2. The average Bonchev–Trinajstić information content (AvgIpc) is 3.24. The molecule has 0 bridgehead atoms. The molecule has 1 saturated carbocycles. The van der Waals surface area contributed by atoms with Crippen LogP contribution in [0.5, 0.6) is 0 Å². The topological polar surface area (TPSA) is 81.4 Å². The Hall–Kier alpha value is -1.88. The molecule has 1 fully saturated rings. The zero-order valence-electron chi connectivity index (χ0n) is 11.5. The first-order chi connectivity index (χ1) is 9.61. The standard InChI is InChI=1S/C15H20N2O3/c1-20-13(11-5-3-2-4-6-11)15(19)17-12(14(16)18)9-10-7-8-10/h2-6,10,12-13H,7-9H2,1H3,(H2,16,18)(H,17,19)/t12-,13+/m0/s1. The van der Waals surface area contributed by atoms with Gasteiger partial charge in [-0.3, -0.25) is 9.59 Å². The van der Waals surface area contributed by atoms with Crippen LogP contribution in [0.4, 0.5) is 0 Å². The molecule has 1 aromatic rings. The molecule has 1 aliphatic carbocycles. The highest BCUT2D eigenvalue weighted by molar-refractivity contribution is 5.89. The van der Waals surface area contributed by atoms with Gasteiger partial charge in [0, 0.05) is 7.11 Å². The Bertz CT molecular complexity index is 471. The van der Waals surface area contributed by atoms with Gasteiger partial charge in [-0.1, -0.05) is 43.2 Å². The van der Waals surface area contributed by atoms with Crippen molar-refractivity contribution < 1.29 is 14.3 Å². The van der Waals surface area contributed by atoms with Crippen LogP contribution in [0.1, 0.15) is 30.9 Å².